The average molecular weight is 184 g/mol. The minimum Gasteiger partial charge on any atom is -0.476 e. The van der Waals surface area contributed by atoms with Crippen LogP contribution >= 0.6 is 0 Å². The van der Waals surface area contributed by atoms with Crippen molar-refractivity contribution in [3.05, 3.63) is 17.7 Å². The first-order chi connectivity index (χ1) is 6.15. The normalized spacial score (nSPS) is 9.62. The molecule has 0 saturated heterocycles. The highest BCUT2D eigenvalue weighted by Gasteiger charge is 2.14. The first-order valence-corrected chi connectivity index (χ1v) is 3.61. The van der Waals surface area contributed by atoms with Gasteiger partial charge in [0.1, 0.15) is 0 Å². The first kappa shape index (κ1) is 9.24. The van der Waals surface area contributed by atoms with Gasteiger partial charge in [0.15, 0.2) is 5.69 Å². The zero-order valence-corrected chi connectivity index (χ0v) is 6.90. The van der Waals surface area contributed by atoms with Gasteiger partial charge in [-0.05, 0) is 6.92 Å². The smallest absolute Gasteiger partial charge is 0.374 e. The molecule has 0 aromatic carbocycles. The molecule has 13 heavy (non-hydrogen) atoms. The molecule has 0 bridgehead atoms. The Hall–Kier alpha value is -1.85. The number of carbonyl (C=O) groups is 2. The van der Waals surface area contributed by atoms with Crippen molar-refractivity contribution in [2.75, 3.05) is 6.61 Å². The maximum absolute atomic E-state index is 11.0. The van der Waals surface area contributed by atoms with Crippen molar-refractivity contribution in [3.8, 4) is 0 Å². The van der Waals surface area contributed by atoms with Gasteiger partial charge in [0.25, 0.3) is 0 Å². The number of aromatic carboxylic acids is 1. The van der Waals surface area contributed by atoms with E-state index in [0.29, 0.717) is 0 Å². The number of carbonyl (C=O) groups excluding carboxylic acids is 1. The molecule has 1 heterocycles. The van der Waals surface area contributed by atoms with Gasteiger partial charge in [-0.3, -0.25) is 0 Å². The monoisotopic (exact) mass is 184 g/mol. The van der Waals surface area contributed by atoms with Gasteiger partial charge in [-0.25, -0.2) is 14.6 Å². The second kappa shape index (κ2) is 3.70. The molecule has 1 rings (SSSR count). The average Bonchev–Trinajstić information content (AvgIpc) is 2.52. The predicted octanol–water partition coefficient (Wildman–Crippen LogP) is 0.285. The molecule has 0 aliphatic heterocycles. The molecule has 0 atom stereocenters. The van der Waals surface area contributed by atoms with Crippen molar-refractivity contribution >= 4 is 11.9 Å². The molecule has 70 valence electrons. The van der Waals surface area contributed by atoms with E-state index in [1.807, 2.05) is 0 Å². The maximum atomic E-state index is 11.0. The second-order valence-corrected chi connectivity index (χ2v) is 2.16. The van der Waals surface area contributed by atoms with Gasteiger partial charge in [-0.15, -0.1) is 0 Å². The van der Waals surface area contributed by atoms with Crippen molar-refractivity contribution in [2.24, 2.45) is 0 Å². The highest BCUT2D eigenvalue weighted by Crippen LogP contribution is 1.98. The molecule has 6 nitrogen and oxygen atoms in total. The molecule has 0 amide bonds. The molecule has 1 aromatic heterocycles. The summed E-state index contributed by atoms with van der Waals surface area (Å²) >= 11 is 0. The second-order valence-electron chi connectivity index (χ2n) is 2.16. The number of imidazole rings is 1. The van der Waals surface area contributed by atoms with Gasteiger partial charge in [0.2, 0.25) is 5.82 Å². The van der Waals surface area contributed by atoms with E-state index >= 15 is 0 Å². The predicted molar refractivity (Wildman–Crippen MR) is 41.5 cm³/mol. The standard InChI is InChI=1S/C7H8N2O4/c1-2-13-7(12)5-8-3-4(9-5)6(10)11/h3H,2H2,1H3,(H,8,9)(H,10,11). The largest absolute Gasteiger partial charge is 0.476 e. The van der Waals surface area contributed by atoms with E-state index in [4.69, 9.17) is 5.11 Å². The number of carboxylic acids is 1. The van der Waals surface area contributed by atoms with Crippen molar-refractivity contribution in [3.63, 3.8) is 0 Å². The Balaban J connectivity index is 2.79. The molecule has 6 heteroatoms. The molecular weight excluding hydrogens is 176 g/mol. The first-order valence-electron chi connectivity index (χ1n) is 3.61. The summed E-state index contributed by atoms with van der Waals surface area (Å²) in [5.74, 6) is -1.94. The Bertz CT molecular complexity index is 331. The number of aromatic nitrogens is 2. The van der Waals surface area contributed by atoms with Gasteiger partial charge < -0.3 is 14.8 Å². The number of hydrogen-bond acceptors (Lipinski definition) is 4. The van der Waals surface area contributed by atoms with Gasteiger partial charge in [0.05, 0.1) is 6.61 Å². The van der Waals surface area contributed by atoms with Crippen LogP contribution in [-0.2, 0) is 4.74 Å². The van der Waals surface area contributed by atoms with Gasteiger partial charge in [-0.2, -0.15) is 0 Å². The number of hydrogen-bond donors (Lipinski definition) is 2. The van der Waals surface area contributed by atoms with Gasteiger partial charge in [-0.1, -0.05) is 0 Å². The summed E-state index contributed by atoms with van der Waals surface area (Å²) in [6.45, 7) is 1.88. The lowest BCUT2D eigenvalue weighted by atomic mass is 10.5. The summed E-state index contributed by atoms with van der Waals surface area (Å²) < 4.78 is 4.60. The number of esters is 1. The van der Waals surface area contributed by atoms with Crippen LogP contribution < -0.4 is 0 Å². The Kier molecular flexibility index (Phi) is 2.63. The Morgan fingerprint density at radius 1 is 1.69 bits per heavy atom. The van der Waals surface area contributed by atoms with Crippen LogP contribution in [0.15, 0.2) is 6.20 Å². The zero-order valence-electron chi connectivity index (χ0n) is 6.90. The van der Waals surface area contributed by atoms with Crippen LogP contribution in [0.2, 0.25) is 0 Å². The summed E-state index contributed by atoms with van der Waals surface area (Å²) in [4.78, 5) is 27.2. The van der Waals surface area contributed by atoms with Gasteiger partial charge >= 0.3 is 11.9 Å². The zero-order chi connectivity index (χ0) is 9.84. The van der Waals surface area contributed by atoms with Crippen LogP contribution in [0.25, 0.3) is 0 Å². The number of carboxylic acid groups (broad SMARTS) is 1. The number of nitrogens with one attached hydrogen (secondary N) is 1. The minimum atomic E-state index is -1.19. The summed E-state index contributed by atoms with van der Waals surface area (Å²) in [5, 5.41) is 8.48. The van der Waals surface area contributed by atoms with Crippen LogP contribution in [0.1, 0.15) is 28.0 Å². The van der Waals surface area contributed by atoms with Crippen molar-refractivity contribution in [1.82, 2.24) is 9.97 Å². The molecule has 0 unspecified atom stereocenters. The molecule has 0 radical (unpaired) electrons. The molecule has 0 fully saturated rings. The fraction of sp³-hybridized carbons (Fsp3) is 0.286. The van der Waals surface area contributed by atoms with Crippen LogP contribution in [0.5, 0.6) is 0 Å². The molecule has 0 spiro atoms. The molecule has 2 N–H and O–H groups in total. The van der Waals surface area contributed by atoms with E-state index in [9.17, 15) is 9.59 Å². The van der Waals surface area contributed by atoms with E-state index in [-0.39, 0.29) is 18.1 Å². The maximum Gasteiger partial charge on any atom is 0.374 e. The summed E-state index contributed by atoms with van der Waals surface area (Å²) in [7, 11) is 0. The summed E-state index contributed by atoms with van der Waals surface area (Å²) in [6, 6.07) is 0. The fourth-order valence-corrected chi connectivity index (χ4v) is 0.735. The SMILES string of the molecule is CCOC(=O)c1nc(C(=O)O)c[nH]1. The molecule has 0 aliphatic rings. The van der Waals surface area contributed by atoms with Crippen molar-refractivity contribution in [2.45, 2.75) is 6.92 Å². The summed E-state index contributed by atoms with van der Waals surface area (Å²) in [6.07, 6.45) is 1.13. The van der Waals surface area contributed by atoms with Crippen LogP contribution in [-0.4, -0.2) is 33.6 Å². The Labute approximate surface area is 73.6 Å². The van der Waals surface area contributed by atoms with Crippen LogP contribution in [0, 0.1) is 0 Å². The molecule has 0 aliphatic carbocycles. The van der Waals surface area contributed by atoms with E-state index < -0.39 is 11.9 Å². The van der Waals surface area contributed by atoms with E-state index in [1.165, 1.54) is 0 Å². The van der Waals surface area contributed by atoms with Crippen LogP contribution in [0.4, 0.5) is 0 Å². The summed E-state index contributed by atoms with van der Waals surface area (Å²) in [5.41, 5.74) is -0.206. The minimum absolute atomic E-state index is 0.0979. The molecule has 0 saturated carbocycles. The lowest BCUT2D eigenvalue weighted by Crippen LogP contribution is -2.07. The van der Waals surface area contributed by atoms with E-state index in [1.54, 1.807) is 6.92 Å². The van der Waals surface area contributed by atoms with Crippen molar-refractivity contribution in [1.29, 1.82) is 0 Å². The van der Waals surface area contributed by atoms with E-state index in [2.05, 4.69) is 14.7 Å². The lowest BCUT2D eigenvalue weighted by Gasteiger charge is -1.95. The third-order valence-corrected chi connectivity index (χ3v) is 1.27. The van der Waals surface area contributed by atoms with Crippen LogP contribution in [0.3, 0.4) is 0 Å². The number of rotatable bonds is 3. The highest BCUT2D eigenvalue weighted by atomic mass is 16.5. The Morgan fingerprint density at radius 3 is 2.85 bits per heavy atom. The lowest BCUT2D eigenvalue weighted by molar-refractivity contribution is 0.0513. The number of aromatic amines is 1. The third-order valence-electron chi connectivity index (χ3n) is 1.27. The van der Waals surface area contributed by atoms with Crippen molar-refractivity contribution < 1.29 is 19.4 Å². The molecule has 1 aromatic rings. The quantitative estimate of drug-likeness (QED) is 0.658. The van der Waals surface area contributed by atoms with Gasteiger partial charge in [0, 0.05) is 6.20 Å². The topological polar surface area (TPSA) is 92.3 Å². The number of nitrogens with zero attached hydrogens (tertiary/aromatic N) is 1. The molecular formula is C7H8N2O4. The third kappa shape index (κ3) is 2.05. The fourth-order valence-electron chi connectivity index (χ4n) is 0.735. The number of ether oxygens (including phenoxy) is 1. The van der Waals surface area contributed by atoms with E-state index in [0.717, 1.165) is 6.20 Å². The number of H-pyrrole nitrogens is 1. The Morgan fingerprint density at radius 2 is 2.38 bits per heavy atom. The highest BCUT2D eigenvalue weighted by molar-refractivity contribution is 5.89.